The summed E-state index contributed by atoms with van der Waals surface area (Å²) in [5, 5.41) is 12.2. The summed E-state index contributed by atoms with van der Waals surface area (Å²) in [5.41, 5.74) is 0.202. The van der Waals surface area contributed by atoms with Gasteiger partial charge in [0, 0.05) is 6.42 Å². The highest BCUT2D eigenvalue weighted by molar-refractivity contribution is 5.81. The maximum absolute atomic E-state index is 12.0. The molecule has 0 amide bonds. The van der Waals surface area contributed by atoms with Gasteiger partial charge in [0.15, 0.2) is 0 Å². The highest BCUT2D eigenvalue weighted by Gasteiger charge is 2.43. The third kappa shape index (κ3) is 3.54. The number of hydrogen-bond acceptors (Lipinski definition) is 5. The highest BCUT2D eigenvalue weighted by atomic mass is 16.5. The van der Waals surface area contributed by atoms with Crippen LogP contribution in [-0.2, 0) is 16.1 Å². The number of esters is 1. The average Bonchev–Trinajstić information content (AvgIpc) is 2.55. The van der Waals surface area contributed by atoms with Crippen molar-refractivity contribution in [2.45, 2.75) is 43.9 Å². The van der Waals surface area contributed by atoms with Crippen molar-refractivity contribution in [2.24, 2.45) is 0 Å². The van der Waals surface area contributed by atoms with Crippen LogP contribution in [0.1, 0.15) is 31.2 Å². The molecule has 0 saturated heterocycles. The van der Waals surface area contributed by atoms with Crippen molar-refractivity contribution < 1.29 is 19.4 Å². The van der Waals surface area contributed by atoms with Crippen molar-refractivity contribution >= 4 is 5.97 Å². The third-order valence-electron chi connectivity index (χ3n) is 4.17. The molecule has 0 heterocycles. The first-order valence-electron chi connectivity index (χ1n) is 7.27. The van der Waals surface area contributed by atoms with Crippen molar-refractivity contribution in [1.29, 1.82) is 0 Å². The molecule has 2 atom stereocenters. The third-order valence-corrected chi connectivity index (χ3v) is 4.17. The Kier molecular flexibility index (Phi) is 5.20. The SMILES string of the molecule is CNC1(C(=O)OC)CCCC(Oc2ccc(CO)cc2)C1. The molecule has 116 valence electrons. The summed E-state index contributed by atoms with van der Waals surface area (Å²) in [6.07, 6.45) is 3.17. The molecule has 5 heteroatoms. The molecule has 2 N–H and O–H groups in total. The first-order valence-corrected chi connectivity index (χ1v) is 7.27. The van der Waals surface area contributed by atoms with Crippen molar-refractivity contribution in [1.82, 2.24) is 5.32 Å². The molecule has 0 spiro atoms. The minimum atomic E-state index is -0.650. The van der Waals surface area contributed by atoms with Crippen LogP contribution in [0.3, 0.4) is 0 Å². The monoisotopic (exact) mass is 293 g/mol. The molecule has 0 aliphatic heterocycles. The van der Waals surface area contributed by atoms with Crippen LogP contribution in [0.2, 0.25) is 0 Å². The number of methoxy groups -OCH3 is 1. The van der Waals surface area contributed by atoms with E-state index in [0.717, 1.165) is 30.6 Å². The second-order valence-electron chi connectivity index (χ2n) is 5.46. The van der Waals surface area contributed by atoms with E-state index in [4.69, 9.17) is 14.6 Å². The Bertz CT molecular complexity index is 474. The second-order valence-corrected chi connectivity index (χ2v) is 5.46. The molecule has 1 fully saturated rings. The molecule has 1 aromatic carbocycles. The van der Waals surface area contributed by atoms with E-state index in [2.05, 4.69) is 5.32 Å². The Balaban J connectivity index is 2.04. The summed E-state index contributed by atoms with van der Waals surface area (Å²) in [7, 11) is 3.20. The number of aliphatic hydroxyl groups excluding tert-OH is 1. The molecule has 1 aromatic rings. The fraction of sp³-hybridized carbons (Fsp3) is 0.562. The molecule has 1 aliphatic carbocycles. The van der Waals surface area contributed by atoms with Crippen LogP contribution in [0.25, 0.3) is 0 Å². The number of hydrogen-bond donors (Lipinski definition) is 2. The Labute approximate surface area is 125 Å². The van der Waals surface area contributed by atoms with Gasteiger partial charge in [-0.15, -0.1) is 0 Å². The number of likely N-dealkylation sites (N-methyl/N-ethyl adjacent to an activating group) is 1. The van der Waals surface area contributed by atoms with E-state index in [1.807, 2.05) is 24.3 Å². The van der Waals surface area contributed by atoms with Gasteiger partial charge in [-0.2, -0.15) is 0 Å². The van der Waals surface area contributed by atoms with Crippen LogP contribution in [0.5, 0.6) is 5.75 Å². The molecular formula is C16H23NO4. The van der Waals surface area contributed by atoms with Gasteiger partial charge >= 0.3 is 5.97 Å². The van der Waals surface area contributed by atoms with Crippen LogP contribution >= 0.6 is 0 Å². The molecule has 1 aliphatic rings. The number of carbonyl (C=O) groups is 1. The van der Waals surface area contributed by atoms with Gasteiger partial charge in [0.1, 0.15) is 17.4 Å². The van der Waals surface area contributed by atoms with Crippen LogP contribution in [0.4, 0.5) is 0 Å². The zero-order valence-corrected chi connectivity index (χ0v) is 12.6. The summed E-state index contributed by atoms with van der Waals surface area (Å²) in [6, 6.07) is 7.37. The predicted molar refractivity (Wildman–Crippen MR) is 79.1 cm³/mol. The van der Waals surface area contributed by atoms with E-state index >= 15 is 0 Å². The summed E-state index contributed by atoms with van der Waals surface area (Å²) in [4.78, 5) is 12.0. The lowest BCUT2D eigenvalue weighted by Crippen LogP contribution is -2.55. The van der Waals surface area contributed by atoms with Gasteiger partial charge in [-0.05, 0) is 44.0 Å². The van der Waals surface area contributed by atoms with Crippen molar-refractivity contribution in [3.63, 3.8) is 0 Å². The average molecular weight is 293 g/mol. The molecule has 0 aromatic heterocycles. The Morgan fingerprint density at radius 2 is 2.14 bits per heavy atom. The lowest BCUT2D eigenvalue weighted by molar-refractivity contribution is -0.151. The number of rotatable bonds is 5. The van der Waals surface area contributed by atoms with E-state index in [-0.39, 0.29) is 18.7 Å². The number of carbonyl (C=O) groups excluding carboxylic acids is 1. The molecule has 0 radical (unpaired) electrons. The van der Waals surface area contributed by atoms with E-state index in [1.165, 1.54) is 7.11 Å². The zero-order valence-electron chi connectivity index (χ0n) is 12.6. The first kappa shape index (κ1) is 15.8. The lowest BCUT2D eigenvalue weighted by Gasteiger charge is -2.38. The summed E-state index contributed by atoms with van der Waals surface area (Å²) < 4.78 is 10.9. The van der Waals surface area contributed by atoms with Gasteiger partial charge in [0.2, 0.25) is 0 Å². The topological polar surface area (TPSA) is 67.8 Å². The smallest absolute Gasteiger partial charge is 0.326 e. The van der Waals surface area contributed by atoms with Gasteiger partial charge in [0.25, 0.3) is 0 Å². The summed E-state index contributed by atoms with van der Waals surface area (Å²) in [6.45, 7) is 0.0227. The molecule has 5 nitrogen and oxygen atoms in total. The Hall–Kier alpha value is -1.59. The van der Waals surface area contributed by atoms with Gasteiger partial charge in [-0.1, -0.05) is 12.1 Å². The van der Waals surface area contributed by atoms with Crippen LogP contribution in [0, 0.1) is 0 Å². The molecule has 2 rings (SSSR count). The quantitative estimate of drug-likeness (QED) is 0.808. The fourth-order valence-corrected chi connectivity index (χ4v) is 2.90. The number of aliphatic hydroxyl groups is 1. The maximum Gasteiger partial charge on any atom is 0.326 e. The first-order chi connectivity index (χ1) is 10.1. The lowest BCUT2D eigenvalue weighted by atomic mass is 9.80. The van der Waals surface area contributed by atoms with Gasteiger partial charge in [-0.3, -0.25) is 4.79 Å². The van der Waals surface area contributed by atoms with E-state index in [1.54, 1.807) is 7.05 Å². The van der Waals surface area contributed by atoms with Crippen LogP contribution < -0.4 is 10.1 Å². The number of benzene rings is 1. The summed E-state index contributed by atoms with van der Waals surface area (Å²) >= 11 is 0. The molecular weight excluding hydrogens is 270 g/mol. The van der Waals surface area contributed by atoms with Crippen molar-refractivity contribution in [3.05, 3.63) is 29.8 Å². The largest absolute Gasteiger partial charge is 0.490 e. The van der Waals surface area contributed by atoms with Gasteiger partial charge < -0.3 is 19.9 Å². The van der Waals surface area contributed by atoms with Gasteiger partial charge in [0.05, 0.1) is 13.7 Å². The van der Waals surface area contributed by atoms with Crippen LogP contribution in [0.15, 0.2) is 24.3 Å². The minimum Gasteiger partial charge on any atom is -0.490 e. The van der Waals surface area contributed by atoms with E-state index in [9.17, 15) is 4.79 Å². The predicted octanol–water partition coefficient (Wildman–Crippen LogP) is 1.63. The zero-order chi connectivity index (χ0) is 15.3. The van der Waals surface area contributed by atoms with E-state index in [0.29, 0.717) is 6.42 Å². The van der Waals surface area contributed by atoms with Crippen molar-refractivity contribution in [3.8, 4) is 5.75 Å². The number of nitrogens with one attached hydrogen (secondary N) is 1. The molecule has 2 unspecified atom stereocenters. The molecule has 21 heavy (non-hydrogen) atoms. The summed E-state index contributed by atoms with van der Waals surface area (Å²) in [5.74, 6) is 0.530. The standard InChI is InChI=1S/C16H23NO4/c1-17-16(15(19)20-2)9-3-4-14(10-16)21-13-7-5-12(11-18)6-8-13/h5-8,14,17-18H,3-4,9-11H2,1-2H3. The highest BCUT2D eigenvalue weighted by Crippen LogP contribution is 2.32. The van der Waals surface area contributed by atoms with E-state index < -0.39 is 5.54 Å². The second kappa shape index (κ2) is 6.91. The Morgan fingerprint density at radius 3 is 2.71 bits per heavy atom. The van der Waals surface area contributed by atoms with Crippen molar-refractivity contribution in [2.75, 3.05) is 14.2 Å². The minimum absolute atomic E-state index is 0.0227. The normalized spacial score (nSPS) is 25.4. The van der Waals surface area contributed by atoms with Crippen LogP contribution in [-0.4, -0.2) is 36.9 Å². The molecule has 1 saturated carbocycles. The fourth-order valence-electron chi connectivity index (χ4n) is 2.90. The van der Waals surface area contributed by atoms with Gasteiger partial charge in [-0.25, -0.2) is 0 Å². The number of ether oxygens (including phenoxy) is 2. The Morgan fingerprint density at radius 1 is 1.43 bits per heavy atom. The molecule has 0 bridgehead atoms. The maximum atomic E-state index is 12.0.